The summed E-state index contributed by atoms with van der Waals surface area (Å²) in [4.78, 5) is 2.84. The lowest BCUT2D eigenvalue weighted by Crippen LogP contribution is -2.31. The van der Waals surface area contributed by atoms with Gasteiger partial charge in [-0.05, 0) is 50.4 Å². The van der Waals surface area contributed by atoms with Crippen molar-refractivity contribution in [3.8, 4) is 0 Å². The van der Waals surface area contributed by atoms with Gasteiger partial charge in [-0.3, -0.25) is 0 Å². The molecule has 0 saturated carbocycles. The number of aromatic nitrogens is 1. The monoisotopic (exact) mass is 250 g/mol. The molecule has 2 N–H and O–H groups in total. The van der Waals surface area contributed by atoms with Crippen molar-refractivity contribution in [1.82, 2.24) is 10.3 Å². The molecule has 1 aromatic heterocycles. The summed E-state index contributed by atoms with van der Waals surface area (Å²) in [6.07, 6.45) is 4.23. The van der Waals surface area contributed by atoms with E-state index in [1.54, 1.807) is 12.3 Å². The first-order chi connectivity index (χ1) is 8.75. The molecule has 1 fully saturated rings. The molecule has 1 aromatic carbocycles. The molecule has 4 heteroatoms. The van der Waals surface area contributed by atoms with Gasteiger partial charge in [-0.25, -0.2) is 8.78 Å². The SMILES string of the molecule is Fc1cc2cc[nH]c2c(F)c1CC1CCCNC1. The molecule has 0 bridgehead atoms. The number of rotatable bonds is 2. The van der Waals surface area contributed by atoms with E-state index >= 15 is 0 Å². The number of aromatic amines is 1. The number of fused-ring (bicyclic) bond motifs is 1. The van der Waals surface area contributed by atoms with Crippen LogP contribution in [0.1, 0.15) is 18.4 Å². The molecule has 2 nitrogen and oxygen atoms in total. The Morgan fingerprint density at radius 3 is 3.00 bits per heavy atom. The van der Waals surface area contributed by atoms with Crippen molar-refractivity contribution in [2.45, 2.75) is 19.3 Å². The number of H-pyrrole nitrogens is 1. The van der Waals surface area contributed by atoms with E-state index in [9.17, 15) is 8.78 Å². The lowest BCUT2D eigenvalue weighted by atomic mass is 9.91. The van der Waals surface area contributed by atoms with Gasteiger partial charge in [0.05, 0.1) is 5.52 Å². The second kappa shape index (κ2) is 4.69. The van der Waals surface area contributed by atoms with E-state index in [4.69, 9.17) is 0 Å². The zero-order chi connectivity index (χ0) is 12.5. The van der Waals surface area contributed by atoms with E-state index in [1.807, 2.05) is 0 Å². The Morgan fingerprint density at radius 1 is 1.33 bits per heavy atom. The Morgan fingerprint density at radius 2 is 2.22 bits per heavy atom. The minimum Gasteiger partial charge on any atom is -0.359 e. The second-order valence-electron chi connectivity index (χ2n) is 5.01. The molecule has 0 radical (unpaired) electrons. The lowest BCUT2D eigenvalue weighted by molar-refractivity contribution is 0.367. The molecule has 3 rings (SSSR count). The summed E-state index contributed by atoms with van der Waals surface area (Å²) in [5.74, 6) is -0.527. The first kappa shape index (κ1) is 11.7. The van der Waals surface area contributed by atoms with E-state index in [-0.39, 0.29) is 5.56 Å². The van der Waals surface area contributed by atoms with Gasteiger partial charge in [-0.15, -0.1) is 0 Å². The van der Waals surface area contributed by atoms with E-state index in [2.05, 4.69) is 10.3 Å². The minimum atomic E-state index is -0.430. The maximum Gasteiger partial charge on any atom is 0.153 e. The first-order valence-electron chi connectivity index (χ1n) is 6.40. The predicted molar refractivity (Wildman–Crippen MR) is 67.5 cm³/mol. The van der Waals surface area contributed by atoms with Crippen LogP contribution in [0, 0.1) is 17.6 Å². The van der Waals surface area contributed by atoms with Crippen molar-refractivity contribution in [1.29, 1.82) is 0 Å². The highest BCUT2D eigenvalue weighted by Gasteiger charge is 2.20. The highest BCUT2D eigenvalue weighted by Crippen LogP contribution is 2.26. The molecule has 1 saturated heterocycles. The van der Waals surface area contributed by atoms with E-state index in [1.165, 1.54) is 6.07 Å². The number of hydrogen-bond donors (Lipinski definition) is 2. The van der Waals surface area contributed by atoms with Crippen molar-refractivity contribution in [2.75, 3.05) is 13.1 Å². The first-order valence-corrected chi connectivity index (χ1v) is 6.40. The largest absolute Gasteiger partial charge is 0.359 e. The average Bonchev–Trinajstić information content (AvgIpc) is 2.84. The highest BCUT2D eigenvalue weighted by molar-refractivity contribution is 5.80. The van der Waals surface area contributed by atoms with Crippen LogP contribution in [0.5, 0.6) is 0 Å². The van der Waals surface area contributed by atoms with Crippen LogP contribution in [-0.4, -0.2) is 18.1 Å². The van der Waals surface area contributed by atoms with E-state index in [0.29, 0.717) is 23.2 Å². The third kappa shape index (κ3) is 2.01. The maximum atomic E-state index is 14.2. The normalized spacial score (nSPS) is 20.4. The topological polar surface area (TPSA) is 27.8 Å². The maximum absolute atomic E-state index is 14.2. The Kier molecular flexibility index (Phi) is 3.04. The van der Waals surface area contributed by atoms with Crippen LogP contribution in [0.3, 0.4) is 0 Å². The molecule has 18 heavy (non-hydrogen) atoms. The van der Waals surface area contributed by atoms with Gasteiger partial charge < -0.3 is 10.3 Å². The van der Waals surface area contributed by atoms with Crippen LogP contribution in [0.25, 0.3) is 10.9 Å². The Bertz CT molecular complexity index is 556. The second-order valence-corrected chi connectivity index (χ2v) is 5.01. The fourth-order valence-electron chi connectivity index (χ4n) is 2.75. The van der Waals surface area contributed by atoms with Gasteiger partial charge in [0.15, 0.2) is 5.82 Å². The molecule has 0 spiro atoms. The Balaban J connectivity index is 1.94. The molecule has 0 amide bonds. The molecule has 96 valence electrons. The third-order valence-corrected chi connectivity index (χ3v) is 3.73. The summed E-state index contributed by atoms with van der Waals surface area (Å²) in [6, 6.07) is 3.11. The smallest absolute Gasteiger partial charge is 0.153 e. The molecular weight excluding hydrogens is 234 g/mol. The summed E-state index contributed by atoms with van der Waals surface area (Å²) in [5.41, 5.74) is 0.633. The molecule has 1 atom stereocenters. The number of benzene rings is 1. The molecule has 0 aliphatic carbocycles. The van der Waals surface area contributed by atoms with Gasteiger partial charge >= 0.3 is 0 Å². The van der Waals surface area contributed by atoms with Crippen LogP contribution < -0.4 is 5.32 Å². The van der Waals surface area contributed by atoms with Crippen molar-refractivity contribution in [2.24, 2.45) is 5.92 Å². The van der Waals surface area contributed by atoms with Crippen molar-refractivity contribution >= 4 is 10.9 Å². The third-order valence-electron chi connectivity index (χ3n) is 3.73. The van der Waals surface area contributed by atoms with Gasteiger partial charge in [0, 0.05) is 17.1 Å². The summed E-state index contributed by atoms with van der Waals surface area (Å²) in [7, 11) is 0. The van der Waals surface area contributed by atoms with Crippen LogP contribution in [0.4, 0.5) is 8.78 Å². The quantitative estimate of drug-likeness (QED) is 0.842. The van der Waals surface area contributed by atoms with Gasteiger partial charge in [-0.1, -0.05) is 0 Å². The van der Waals surface area contributed by atoms with Crippen LogP contribution >= 0.6 is 0 Å². The van der Waals surface area contributed by atoms with Gasteiger partial charge in [0.2, 0.25) is 0 Å². The number of halogens is 2. The lowest BCUT2D eigenvalue weighted by Gasteiger charge is -2.23. The van der Waals surface area contributed by atoms with E-state index in [0.717, 1.165) is 25.9 Å². The van der Waals surface area contributed by atoms with E-state index < -0.39 is 11.6 Å². The van der Waals surface area contributed by atoms with Crippen LogP contribution in [0.2, 0.25) is 0 Å². The molecule has 1 unspecified atom stereocenters. The van der Waals surface area contributed by atoms with Crippen LogP contribution in [0.15, 0.2) is 18.3 Å². The summed E-state index contributed by atoms with van der Waals surface area (Å²) < 4.78 is 28.2. The zero-order valence-corrected chi connectivity index (χ0v) is 10.1. The van der Waals surface area contributed by atoms with Crippen molar-refractivity contribution in [3.05, 3.63) is 35.5 Å². The number of piperidine rings is 1. The van der Waals surface area contributed by atoms with Crippen LogP contribution in [-0.2, 0) is 6.42 Å². The summed E-state index contributed by atoms with van der Waals surface area (Å²) in [5, 5.41) is 3.87. The standard InChI is InChI=1S/C14H16F2N2/c15-12-7-10-3-5-18-14(10)13(16)11(12)6-9-2-1-4-17-8-9/h3,5,7,9,17-18H,1-2,4,6,8H2. The molecule has 2 aromatic rings. The summed E-state index contributed by atoms with van der Waals surface area (Å²) in [6.45, 7) is 1.86. The Labute approximate surface area is 104 Å². The van der Waals surface area contributed by atoms with Gasteiger partial charge in [0.25, 0.3) is 0 Å². The van der Waals surface area contributed by atoms with Crippen molar-refractivity contribution < 1.29 is 8.78 Å². The van der Waals surface area contributed by atoms with Crippen molar-refractivity contribution in [3.63, 3.8) is 0 Å². The average molecular weight is 250 g/mol. The molecule has 2 heterocycles. The van der Waals surface area contributed by atoms with Gasteiger partial charge in [-0.2, -0.15) is 0 Å². The highest BCUT2D eigenvalue weighted by atomic mass is 19.1. The van der Waals surface area contributed by atoms with Gasteiger partial charge in [0.1, 0.15) is 5.82 Å². The molecule has 1 aliphatic heterocycles. The number of nitrogens with one attached hydrogen (secondary N) is 2. The predicted octanol–water partition coefficient (Wildman–Crippen LogP) is 2.99. The molecular formula is C14H16F2N2. The Hall–Kier alpha value is -1.42. The fourth-order valence-corrected chi connectivity index (χ4v) is 2.75. The minimum absolute atomic E-state index is 0.221. The fraction of sp³-hybridized carbons (Fsp3) is 0.429. The number of hydrogen-bond acceptors (Lipinski definition) is 1. The molecule has 1 aliphatic rings. The summed E-state index contributed by atoms with van der Waals surface area (Å²) >= 11 is 0. The zero-order valence-electron chi connectivity index (χ0n) is 10.1.